The molecule has 0 saturated heterocycles. The molecule has 0 radical (unpaired) electrons. The molecule has 4 aliphatic carbocycles. The number of amides is 1. The van der Waals surface area contributed by atoms with Gasteiger partial charge < -0.3 is 24.4 Å². The first kappa shape index (κ1) is 20.9. The van der Waals surface area contributed by atoms with Crippen LogP contribution in [-0.4, -0.2) is 39.8 Å². The molecule has 9 nitrogen and oxygen atoms in total. The molecule has 2 aromatic rings. The summed E-state index contributed by atoms with van der Waals surface area (Å²) in [5.74, 6) is 1.07. The first-order valence-electron chi connectivity index (χ1n) is 11.0. The van der Waals surface area contributed by atoms with Crippen molar-refractivity contribution in [1.82, 2.24) is 10.1 Å². The SMILES string of the molecule is COc1ccccc1NC(=O)Cc1noc(COC(=O)C23CC4CC(CC(O)(C4)C2)C3)n1. The lowest BCUT2D eigenvalue weighted by Gasteiger charge is -2.58. The van der Waals surface area contributed by atoms with Gasteiger partial charge in [-0.2, -0.15) is 4.98 Å². The van der Waals surface area contributed by atoms with Crippen LogP contribution in [0, 0.1) is 17.3 Å². The van der Waals surface area contributed by atoms with Crippen LogP contribution in [0.5, 0.6) is 5.75 Å². The summed E-state index contributed by atoms with van der Waals surface area (Å²) >= 11 is 0. The van der Waals surface area contributed by atoms with E-state index in [2.05, 4.69) is 15.5 Å². The van der Waals surface area contributed by atoms with Crippen molar-refractivity contribution in [1.29, 1.82) is 0 Å². The van der Waals surface area contributed by atoms with Crippen LogP contribution in [0.4, 0.5) is 5.69 Å². The number of aromatic nitrogens is 2. The summed E-state index contributed by atoms with van der Waals surface area (Å²) in [4.78, 5) is 29.4. The van der Waals surface area contributed by atoms with Gasteiger partial charge in [-0.15, -0.1) is 0 Å². The Balaban J connectivity index is 1.16. The molecule has 1 heterocycles. The molecule has 4 bridgehead atoms. The lowest BCUT2D eigenvalue weighted by atomic mass is 9.48. The molecule has 4 fully saturated rings. The Morgan fingerprint density at radius 2 is 1.97 bits per heavy atom. The topological polar surface area (TPSA) is 124 Å². The van der Waals surface area contributed by atoms with Gasteiger partial charge in [0.2, 0.25) is 5.91 Å². The van der Waals surface area contributed by atoms with E-state index in [0.29, 0.717) is 29.7 Å². The molecular formula is C23H27N3O6. The molecule has 2 atom stereocenters. The van der Waals surface area contributed by atoms with Crippen molar-refractivity contribution in [3.05, 3.63) is 36.0 Å². The molecule has 1 aromatic carbocycles. The Kier molecular flexibility index (Phi) is 5.16. The Hall–Kier alpha value is -2.94. The number of nitrogens with one attached hydrogen (secondary N) is 1. The molecule has 1 amide bonds. The van der Waals surface area contributed by atoms with Crippen molar-refractivity contribution in [2.24, 2.45) is 17.3 Å². The summed E-state index contributed by atoms with van der Waals surface area (Å²) < 4.78 is 15.9. The van der Waals surface area contributed by atoms with Crippen LogP contribution >= 0.6 is 0 Å². The van der Waals surface area contributed by atoms with Crippen molar-refractivity contribution < 1.29 is 28.7 Å². The van der Waals surface area contributed by atoms with Crippen molar-refractivity contribution in [3.63, 3.8) is 0 Å². The minimum absolute atomic E-state index is 0.0875. The highest BCUT2D eigenvalue weighted by Gasteiger charge is 2.60. The number of nitrogens with zero attached hydrogens (tertiary/aromatic N) is 2. The number of carbonyl (C=O) groups is 2. The summed E-state index contributed by atoms with van der Waals surface area (Å²) in [6.07, 6.45) is 4.64. The summed E-state index contributed by atoms with van der Waals surface area (Å²) in [6.45, 7) is -0.143. The molecule has 170 valence electrons. The highest BCUT2D eigenvalue weighted by Crippen LogP contribution is 2.62. The number of aliphatic hydroxyl groups is 1. The van der Waals surface area contributed by atoms with Crippen molar-refractivity contribution >= 4 is 17.6 Å². The Labute approximate surface area is 185 Å². The van der Waals surface area contributed by atoms with Crippen LogP contribution in [0.1, 0.15) is 50.2 Å². The van der Waals surface area contributed by atoms with Crippen molar-refractivity contribution in [2.45, 2.75) is 57.2 Å². The fraction of sp³-hybridized carbons (Fsp3) is 0.565. The summed E-state index contributed by atoms with van der Waals surface area (Å²) in [5.41, 5.74) is -0.777. The Bertz CT molecular complexity index is 1020. The molecule has 0 spiro atoms. The number of hydrogen-bond donors (Lipinski definition) is 2. The molecule has 32 heavy (non-hydrogen) atoms. The second-order valence-electron chi connectivity index (χ2n) is 9.57. The fourth-order valence-corrected chi connectivity index (χ4v) is 6.24. The van der Waals surface area contributed by atoms with Gasteiger partial charge in [-0.05, 0) is 62.5 Å². The van der Waals surface area contributed by atoms with E-state index in [4.69, 9.17) is 14.0 Å². The molecule has 1 aromatic heterocycles. The summed E-state index contributed by atoms with van der Waals surface area (Å²) in [7, 11) is 1.53. The summed E-state index contributed by atoms with van der Waals surface area (Å²) in [6, 6.07) is 7.09. The van der Waals surface area contributed by atoms with Gasteiger partial charge in [0.25, 0.3) is 5.89 Å². The van der Waals surface area contributed by atoms with Gasteiger partial charge in [0, 0.05) is 0 Å². The van der Waals surface area contributed by atoms with Gasteiger partial charge in [-0.3, -0.25) is 9.59 Å². The van der Waals surface area contributed by atoms with Gasteiger partial charge in [-0.1, -0.05) is 17.3 Å². The highest BCUT2D eigenvalue weighted by molar-refractivity contribution is 5.93. The van der Waals surface area contributed by atoms with Crippen molar-refractivity contribution in [2.75, 3.05) is 12.4 Å². The zero-order valence-corrected chi connectivity index (χ0v) is 18.0. The van der Waals surface area contributed by atoms with E-state index in [1.165, 1.54) is 7.11 Å². The molecule has 4 aliphatic rings. The van der Waals surface area contributed by atoms with Gasteiger partial charge in [0.1, 0.15) is 5.75 Å². The average molecular weight is 441 g/mol. The monoisotopic (exact) mass is 441 g/mol. The van der Waals surface area contributed by atoms with Crippen LogP contribution in [0.15, 0.2) is 28.8 Å². The van der Waals surface area contributed by atoms with E-state index in [0.717, 1.165) is 32.1 Å². The number of para-hydroxylation sites is 2. The largest absolute Gasteiger partial charge is 0.495 e. The average Bonchev–Trinajstić information content (AvgIpc) is 3.17. The van der Waals surface area contributed by atoms with E-state index < -0.39 is 11.0 Å². The third kappa shape index (κ3) is 3.97. The minimum atomic E-state index is -0.727. The number of carbonyl (C=O) groups excluding carboxylic acids is 2. The number of ether oxygens (including phenoxy) is 2. The van der Waals surface area contributed by atoms with E-state index in [1.54, 1.807) is 18.2 Å². The van der Waals surface area contributed by atoms with Gasteiger partial charge >= 0.3 is 5.97 Å². The van der Waals surface area contributed by atoms with Gasteiger partial charge in [-0.25, -0.2) is 0 Å². The van der Waals surface area contributed by atoms with Crippen LogP contribution in [0.2, 0.25) is 0 Å². The maximum absolute atomic E-state index is 13.0. The number of rotatable bonds is 7. The molecule has 6 rings (SSSR count). The molecular weight excluding hydrogens is 414 g/mol. The lowest BCUT2D eigenvalue weighted by Crippen LogP contribution is -2.58. The first-order valence-corrected chi connectivity index (χ1v) is 11.0. The normalized spacial score (nSPS) is 30.2. The maximum atomic E-state index is 13.0. The molecule has 0 aliphatic heterocycles. The van der Waals surface area contributed by atoms with Gasteiger partial charge in [0.15, 0.2) is 12.4 Å². The number of benzene rings is 1. The summed E-state index contributed by atoms with van der Waals surface area (Å²) in [5, 5.41) is 17.4. The number of hydrogen-bond acceptors (Lipinski definition) is 8. The van der Waals surface area contributed by atoms with Crippen LogP contribution in [-0.2, 0) is 27.4 Å². The smallest absolute Gasteiger partial charge is 0.312 e. The molecule has 9 heteroatoms. The molecule has 2 N–H and O–H groups in total. The zero-order valence-electron chi connectivity index (χ0n) is 18.0. The Morgan fingerprint density at radius 3 is 2.69 bits per heavy atom. The van der Waals surface area contributed by atoms with E-state index >= 15 is 0 Å². The zero-order chi connectivity index (χ0) is 22.3. The number of anilines is 1. The predicted molar refractivity (Wildman–Crippen MR) is 111 cm³/mol. The third-order valence-electron chi connectivity index (χ3n) is 7.00. The van der Waals surface area contributed by atoms with Gasteiger partial charge in [0.05, 0.1) is 30.2 Å². The second kappa shape index (κ2) is 7.88. The molecule has 4 saturated carbocycles. The second-order valence-corrected chi connectivity index (χ2v) is 9.57. The fourth-order valence-electron chi connectivity index (χ4n) is 6.24. The lowest BCUT2D eigenvalue weighted by molar-refractivity contribution is -0.197. The van der Waals surface area contributed by atoms with E-state index in [-0.39, 0.29) is 36.6 Å². The molecule has 2 unspecified atom stereocenters. The standard InChI is InChI=1S/C23H27N3O6/c1-30-17-5-3-2-4-16(17)24-19(27)7-18-25-20(32-26-18)12-31-21(28)22-8-14-6-15(9-22)11-23(29,10-14)13-22/h2-5,14-15,29H,6-13H2,1H3,(H,24,27). The third-order valence-corrected chi connectivity index (χ3v) is 7.00. The highest BCUT2D eigenvalue weighted by atomic mass is 16.6. The Morgan fingerprint density at radius 1 is 1.22 bits per heavy atom. The maximum Gasteiger partial charge on any atom is 0.312 e. The first-order chi connectivity index (χ1) is 15.4. The van der Waals surface area contributed by atoms with E-state index in [9.17, 15) is 14.7 Å². The van der Waals surface area contributed by atoms with Crippen LogP contribution in [0.25, 0.3) is 0 Å². The predicted octanol–water partition coefficient (Wildman–Crippen LogP) is 2.63. The number of methoxy groups -OCH3 is 1. The van der Waals surface area contributed by atoms with Crippen molar-refractivity contribution in [3.8, 4) is 5.75 Å². The van der Waals surface area contributed by atoms with Crippen LogP contribution < -0.4 is 10.1 Å². The minimum Gasteiger partial charge on any atom is -0.495 e. The quantitative estimate of drug-likeness (QED) is 0.629. The van der Waals surface area contributed by atoms with E-state index in [1.807, 2.05) is 6.07 Å². The van der Waals surface area contributed by atoms with Crippen LogP contribution in [0.3, 0.4) is 0 Å². The number of esters is 1.